The minimum atomic E-state index is -4.88. The molecule has 1 heterocycles. The molecule has 1 saturated heterocycles. The van der Waals surface area contributed by atoms with Crippen LogP contribution in [0.5, 0.6) is 0 Å². The van der Waals surface area contributed by atoms with Gasteiger partial charge in [0.1, 0.15) is 0 Å². The number of urea groups is 1. The zero-order valence-corrected chi connectivity index (χ0v) is 14.3. The van der Waals surface area contributed by atoms with Crippen LogP contribution in [-0.2, 0) is 4.79 Å². The van der Waals surface area contributed by atoms with Crippen molar-refractivity contribution in [3.05, 3.63) is 29.8 Å². The van der Waals surface area contributed by atoms with Crippen molar-refractivity contribution in [2.75, 3.05) is 31.5 Å². The van der Waals surface area contributed by atoms with Crippen molar-refractivity contribution in [3.63, 3.8) is 0 Å². The van der Waals surface area contributed by atoms with Crippen molar-refractivity contribution < 1.29 is 22.8 Å². The van der Waals surface area contributed by atoms with E-state index < -0.39 is 12.1 Å². The van der Waals surface area contributed by atoms with Crippen molar-refractivity contribution in [2.24, 2.45) is 0 Å². The molecule has 1 aliphatic heterocycles. The lowest BCUT2D eigenvalue weighted by molar-refractivity contribution is -0.185. The Balaban J connectivity index is 1.97. The van der Waals surface area contributed by atoms with Crippen molar-refractivity contribution in [1.82, 2.24) is 9.80 Å². The van der Waals surface area contributed by atoms with Gasteiger partial charge in [0.05, 0.1) is 0 Å². The second-order valence-corrected chi connectivity index (χ2v) is 6.34. The summed E-state index contributed by atoms with van der Waals surface area (Å²) in [5.74, 6) is -1.53. The molecule has 0 saturated carbocycles. The van der Waals surface area contributed by atoms with Gasteiger partial charge in [0.15, 0.2) is 0 Å². The van der Waals surface area contributed by atoms with Crippen LogP contribution < -0.4 is 5.32 Å². The number of alkyl halides is 3. The smallest absolute Gasteiger partial charge is 0.333 e. The van der Waals surface area contributed by atoms with Crippen molar-refractivity contribution >= 4 is 17.6 Å². The number of carbonyl (C=O) groups is 2. The molecule has 0 bridgehead atoms. The molecule has 0 aromatic heterocycles. The summed E-state index contributed by atoms with van der Waals surface area (Å²) in [7, 11) is 0. The van der Waals surface area contributed by atoms with Gasteiger partial charge in [0.25, 0.3) is 0 Å². The summed E-state index contributed by atoms with van der Waals surface area (Å²) in [6.07, 6.45) is -4.57. The Morgan fingerprint density at radius 1 is 1.08 bits per heavy atom. The van der Waals surface area contributed by atoms with Crippen molar-refractivity contribution in [2.45, 2.75) is 32.4 Å². The first kappa shape index (κ1) is 19.1. The molecule has 2 rings (SSSR count). The van der Waals surface area contributed by atoms with E-state index in [1.165, 1.54) is 4.90 Å². The fraction of sp³-hybridized carbons (Fsp3) is 0.529. The first-order valence-electron chi connectivity index (χ1n) is 8.20. The van der Waals surface area contributed by atoms with E-state index in [4.69, 9.17) is 0 Å². The monoisotopic (exact) mass is 357 g/mol. The van der Waals surface area contributed by atoms with Gasteiger partial charge in [-0.3, -0.25) is 4.79 Å². The number of hydrogen-bond donors (Lipinski definition) is 1. The van der Waals surface area contributed by atoms with E-state index in [-0.39, 0.29) is 25.7 Å². The van der Waals surface area contributed by atoms with Gasteiger partial charge in [-0.15, -0.1) is 0 Å². The van der Waals surface area contributed by atoms with Gasteiger partial charge in [-0.05, 0) is 30.0 Å². The molecule has 1 aromatic rings. The largest absolute Gasteiger partial charge is 0.471 e. The summed E-state index contributed by atoms with van der Waals surface area (Å²) in [5.41, 5.74) is 1.72. The Hall–Kier alpha value is -2.25. The number of nitrogens with zero attached hydrogens (tertiary/aromatic N) is 2. The maximum absolute atomic E-state index is 12.5. The molecule has 3 amide bonds. The van der Waals surface area contributed by atoms with Gasteiger partial charge < -0.3 is 15.1 Å². The van der Waals surface area contributed by atoms with E-state index in [0.29, 0.717) is 24.6 Å². The minimum Gasteiger partial charge on any atom is -0.333 e. The zero-order valence-electron chi connectivity index (χ0n) is 14.3. The molecular weight excluding hydrogens is 335 g/mol. The molecular formula is C17H22F3N3O2. The van der Waals surface area contributed by atoms with E-state index >= 15 is 0 Å². The summed E-state index contributed by atoms with van der Waals surface area (Å²) in [6.45, 7) is 4.32. The standard InChI is InChI=1S/C17H22F3N3O2/c1-12(2)13-5-3-6-14(11-13)21-16(25)23-8-4-7-22(9-10-23)15(24)17(18,19)20/h3,5-6,11-12H,4,7-10H2,1-2H3,(H,21,25). The molecule has 1 aliphatic rings. The summed E-state index contributed by atoms with van der Waals surface area (Å²) >= 11 is 0. The Labute approximate surface area is 144 Å². The Bertz CT molecular complexity index is 632. The average molecular weight is 357 g/mol. The van der Waals surface area contributed by atoms with Crippen LogP contribution in [0.2, 0.25) is 0 Å². The highest BCUT2D eigenvalue weighted by Gasteiger charge is 2.42. The molecule has 1 fully saturated rings. The second-order valence-electron chi connectivity index (χ2n) is 6.34. The van der Waals surface area contributed by atoms with Crippen LogP contribution in [0.25, 0.3) is 0 Å². The third kappa shape index (κ3) is 5.11. The molecule has 0 unspecified atom stereocenters. The van der Waals surface area contributed by atoms with Crippen molar-refractivity contribution in [3.8, 4) is 0 Å². The van der Waals surface area contributed by atoms with Gasteiger partial charge >= 0.3 is 18.1 Å². The van der Waals surface area contributed by atoms with Crippen LogP contribution >= 0.6 is 0 Å². The molecule has 0 radical (unpaired) electrons. The minimum absolute atomic E-state index is 0.00897. The molecule has 0 atom stereocenters. The molecule has 1 aromatic carbocycles. The van der Waals surface area contributed by atoms with Crippen LogP contribution in [0, 0.1) is 0 Å². The number of halogens is 3. The third-order valence-electron chi connectivity index (χ3n) is 4.12. The first-order valence-corrected chi connectivity index (χ1v) is 8.20. The number of rotatable bonds is 2. The van der Waals surface area contributed by atoms with E-state index in [0.717, 1.165) is 10.5 Å². The number of anilines is 1. The number of nitrogens with one attached hydrogen (secondary N) is 1. The van der Waals surface area contributed by atoms with Crippen LogP contribution in [0.1, 0.15) is 31.7 Å². The molecule has 0 aliphatic carbocycles. The fourth-order valence-electron chi connectivity index (χ4n) is 2.68. The second kappa shape index (κ2) is 7.76. The summed E-state index contributed by atoms with van der Waals surface area (Å²) < 4.78 is 37.6. The Kier molecular flexibility index (Phi) is 5.92. The van der Waals surface area contributed by atoms with E-state index in [2.05, 4.69) is 5.32 Å². The quantitative estimate of drug-likeness (QED) is 0.882. The summed E-state index contributed by atoms with van der Waals surface area (Å²) in [5, 5.41) is 2.77. The number of amides is 3. The third-order valence-corrected chi connectivity index (χ3v) is 4.12. The fourth-order valence-corrected chi connectivity index (χ4v) is 2.68. The van der Waals surface area contributed by atoms with E-state index in [1.54, 1.807) is 6.07 Å². The van der Waals surface area contributed by atoms with Crippen LogP contribution in [0.4, 0.5) is 23.7 Å². The highest BCUT2D eigenvalue weighted by molar-refractivity contribution is 5.89. The highest BCUT2D eigenvalue weighted by Crippen LogP contribution is 2.21. The lowest BCUT2D eigenvalue weighted by Gasteiger charge is -2.23. The molecule has 1 N–H and O–H groups in total. The normalized spacial score (nSPS) is 15.9. The van der Waals surface area contributed by atoms with Gasteiger partial charge in [-0.1, -0.05) is 26.0 Å². The lowest BCUT2D eigenvalue weighted by Crippen LogP contribution is -2.44. The first-order chi connectivity index (χ1) is 11.7. The predicted octanol–water partition coefficient (Wildman–Crippen LogP) is 3.44. The number of hydrogen-bond acceptors (Lipinski definition) is 2. The van der Waals surface area contributed by atoms with Crippen LogP contribution in [0.15, 0.2) is 24.3 Å². The van der Waals surface area contributed by atoms with E-state index in [9.17, 15) is 22.8 Å². The van der Waals surface area contributed by atoms with Gasteiger partial charge in [-0.25, -0.2) is 4.79 Å². The Morgan fingerprint density at radius 3 is 2.36 bits per heavy atom. The lowest BCUT2D eigenvalue weighted by atomic mass is 10.0. The number of carbonyl (C=O) groups excluding carboxylic acids is 2. The Morgan fingerprint density at radius 2 is 1.72 bits per heavy atom. The maximum atomic E-state index is 12.5. The van der Waals surface area contributed by atoms with Crippen molar-refractivity contribution in [1.29, 1.82) is 0 Å². The SMILES string of the molecule is CC(C)c1cccc(NC(=O)N2CCCN(C(=O)C(F)(F)F)CC2)c1. The molecule has 25 heavy (non-hydrogen) atoms. The summed E-state index contributed by atoms with van der Waals surface area (Å²) in [6, 6.07) is 7.08. The maximum Gasteiger partial charge on any atom is 0.471 e. The zero-order chi connectivity index (χ0) is 18.6. The van der Waals surface area contributed by atoms with E-state index in [1.807, 2.05) is 32.0 Å². The van der Waals surface area contributed by atoms with Crippen LogP contribution in [0.3, 0.4) is 0 Å². The van der Waals surface area contributed by atoms with Crippen LogP contribution in [-0.4, -0.2) is 54.1 Å². The van der Waals surface area contributed by atoms with Gasteiger partial charge in [0, 0.05) is 31.9 Å². The molecule has 8 heteroatoms. The number of benzene rings is 1. The highest BCUT2D eigenvalue weighted by atomic mass is 19.4. The topological polar surface area (TPSA) is 52.7 Å². The average Bonchev–Trinajstić information content (AvgIpc) is 2.79. The molecule has 138 valence electrons. The predicted molar refractivity (Wildman–Crippen MR) is 88.4 cm³/mol. The summed E-state index contributed by atoms with van der Waals surface area (Å²) in [4.78, 5) is 25.9. The molecule has 5 nitrogen and oxygen atoms in total. The van der Waals surface area contributed by atoms with Gasteiger partial charge in [0.2, 0.25) is 0 Å². The molecule has 0 spiro atoms. The van der Waals surface area contributed by atoms with Gasteiger partial charge in [-0.2, -0.15) is 13.2 Å².